The molecule has 0 bridgehead atoms. The normalized spacial score (nSPS) is 26.2. The fraction of sp³-hybridized carbons (Fsp3) is 0.917. The van der Waals surface area contributed by atoms with Crippen molar-refractivity contribution >= 4 is 9.84 Å². The molecule has 0 spiro atoms. The summed E-state index contributed by atoms with van der Waals surface area (Å²) in [6, 6.07) is 2.54. The summed E-state index contributed by atoms with van der Waals surface area (Å²) < 4.78 is 22.9. The SMILES string of the molecule is CC(C)NC(C)(C#N)CN(C)C1CCS(=O)(=O)C1. The van der Waals surface area contributed by atoms with Crippen molar-refractivity contribution in [3.8, 4) is 6.07 Å². The summed E-state index contributed by atoms with van der Waals surface area (Å²) in [7, 11) is -0.979. The lowest BCUT2D eigenvalue weighted by Crippen LogP contribution is -2.54. The second kappa shape index (κ2) is 5.55. The second-order valence-electron chi connectivity index (χ2n) is 5.71. The molecule has 0 amide bonds. The maximum Gasteiger partial charge on any atom is 0.151 e. The third-order valence-corrected chi connectivity index (χ3v) is 5.00. The molecule has 1 fully saturated rings. The van der Waals surface area contributed by atoms with E-state index in [1.54, 1.807) is 0 Å². The molecule has 0 aromatic carbocycles. The molecule has 1 aliphatic rings. The molecule has 5 nitrogen and oxygen atoms in total. The molecular formula is C12H23N3O2S. The van der Waals surface area contributed by atoms with Crippen LogP contribution in [0.4, 0.5) is 0 Å². The first-order chi connectivity index (χ1) is 8.17. The second-order valence-corrected chi connectivity index (χ2v) is 7.94. The highest BCUT2D eigenvalue weighted by Crippen LogP contribution is 2.18. The number of hydrogen-bond acceptors (Lipinski definition) is 5. The van der Waals surface area contributed by atoms with Gasteiger partial charge in [0, 0.05) is 18.6 Å². The van der Waals surface area contributed by atoms with Crippen LogP contribution in [0, 0.1) is 11.3 Å². The minimum absolute atomic E-state index is 0.0386. The van der Waals surface area contributed by atoms with Crippen LogP contribution >= 0.6 is 0 Å². The molecule has 1 N–H and O–H groups in total. The fourth-order valence-corrected chi connectivity index (χ4v) is 4.31. The van der Waals surface area contributed by atoms with E-state index in [-0.39, 0.29) is 23.6 Å². The van der Waals surface area contributed by atoms with Gasteiger partial charge in [0.05, 0.1) is 17.6 Å². The van der Waals surface area contributed by atoms with E-state index >= 15 is 0 Å². The lowest BCUT2D eigenvalue weighted by atomic mass is 10.0. The Balaban J connectivity index is 2.64. The van der Waals surface area contributed by atoms with E-state index < -0.39 is 15.4 Å². The van der Waals surface area contributed by atoms with E-state index in [1.807, 2.05) is 32.7 Å². The highest BCUT2D eigenvalue weighted by Gasteiger charge is 2.34. The summed E-state index contributed by atoms with van der Waals surface area (Å²) in [5, 5.41) is 12.5. The monoisotopic (exact) mass is 273 g/mol. The van der Waals surface area contributed by atoms with Crippen molar-refractivity contribution in [3.63, 3.8) is 0 Å². The summed E-state index contributed by atoms with van der Waals surface area (Å²) in [4.78, 5) is 1.99. The van der Waals surface area contributed by atoms with Gasteiger partial charge in [0.25, 0.3) is 0 Å². The standard InChI is InChI=1S/C12H23N3O2S/c1-10(2)14-12(3,8-13)9-15(4)11-5-6-18(16,17)7-11/h10-11,14H,5-7,9H2,1-4H3. The number of sulfone groups is 1. The Bertz CT molecular complexity index is 427. The molecule has 0 aromatic rings. The van der Waals surface area contributed by atoms with Gasteiger partial charge >= 0.3 is 0 Å². The van der Waals surface area contributed by atoms with Crippen LogP contribution in [-0.2, 0) is 9.84 Å². The van der Waals surface area contributed by atoms with Gasteiger partial charge in [-0.05, 0) is 34.2 Å². The summed E-state index contributed by atoms with van der Waals surface area (Å²) in [5.74, 6) is 0.482. The van der Waals surface area contributed by atoms with Crippen molar-refractivity contribution < 1.29 is 8.42 Å². The third-order valence-electron chi connectivity index (χ3n) is 3.25. The fourth-order valence-electron chi connectivity index (χ4n) is 2.50. The van der Waals surface area contributed by atoms with Crippen molar-refractivity contribution in [1.82, 2.24) is 10.2 Å². The van der Waals surface area contributed by atoms with Crippen LogP contribution < -0.4 is 5.32 Å². The summed E-state index contributed by atoms with van der Waals surface area (Å²) >= 11 is 0. The molecule has 0 radical (unpaired) electrons. The predicted molar refractivity (Wildman–Crippen MR) is 72.0 cm³/mol. The molecule has 2 atom stereocenters. The molecule has 1 saturated heterocycles. The van der Waals surface area contributed by atoms with Gasteiger partial charge in [-0.2, -0.15) is 5.26 Å². The summed E-state index contributed by atoms with van der Waals surface area (Å²) in [6.07, 6.45) is 0.669. The number of likely N-dealkylation sites (N-methyl/N-ethyl adjacent to an activating group) is 1. The average Bonchev–Trinajstić information content (AvgIpc) is 2.57. The van der Waals surface area contributed by atoms with E-state index in [1.165, 1.54) is 0 Å². The number of hydrogen-bond donors (Lipinski definition) is 1. The Morgan fingerprint density at radius 1 is 1.56 bits per heavy atom. The smallest absolute Gasteiger partial charge is 0.151 e. The van der Waals surface area contributed by atoms with Gasteiger partial charge in [-0.25, -0.2) is 8.42 Å². The number of nitrogens with one attached hydrogen (secondary N) is 1. The van der Waals surface area contributed by atoms with Gasteiger partial charge in [-0.1, -0.05) is 0 Å². The average molecular weight is 273 g/mol. The largest absolute Gasteiger partial charge is 0.299 e. The quantitative estimate of drug-likeness (QED) is 0.784. The van der Waals surface area contributed by atoms with E-state index in [4.69, 9.17) is 0 Å². The molecule has 1 rings (SSSR count). The molecule has 2 unspecified atom stereocenters. The summed E-state index contributed by atoms with van der Waals surface area (Å²) in [5.41, 5.74) is -0.644. The van der Waals surface area contributed by atoms with E-state index in [0.717, 1.165) is 0 Å². The molecule has 6 heteroatoms. The van der Waals surface area contributed by atoms with Crippen molar-refractivity contribution in [1.29, 1.82) is 5.26 Å². The number of rotatable bonds is 5. The van der Waals surface area contributed by atoms with Gasteiger partial charge in [0.2, 0.25) is 0 Å². The Morgan fingerprint density at radius 2 is 2.17 bits per heavy atom. The molecule has 18 heavy (non-hydrogen) atoms. The van der Waals surface area contributed by atoms with Gasteiger partial charge < -0.3 is 0 Å². The highest BCUT2D eigenvalue weighted by molar-refractivity contribution is 7.91. The van der Waals surface area contributed by atoms with E-state index in [2.05, 4.69) is 11.4 Å². The molecule has 0 aliphatic carbocycles. The minimum atomic E-state index is -2.87. The van der Waals surface area contributed by atoms with Crippen molar-refractivity contribution in [3.05, 3.63) is 0 Å². The van der Waals surface area contributed by atoms with Gasteiger partial charge in [-0.15, -0.1) is 0 Å². The van der Waals surface area contributed by atoms with Crippen molar-refractivity contribution in [2.45, 2.75) is 44.8 Å². The molecule has 0 saturated carbocycles. The van der Waals surface area contributed by atoms with Crippen LogP contribution in [0.1, 0.15) is 27.2 Å². The zero-order valence-electron chi connectivity index (χ0n) is 11.6. The van der Waals surface area contributed by atoms with Crippen LogP contribution in [0.25, 0.3) is 0 Å². The minimum Gasteiger partial charge on any atom is -0.299 e. The van der Waals surface area contributed by atoms with Crippen molar-refractivity contribution in [2.75, 3.05) is 25.1 Å². The Hall–Kier alpha value is -0.640. The molecule has 1 heterocycles. The zero-order chi connectivity index (χ0) is 14.0. The van der Waals surface area contributed by atoms with Crippen LogP contribution in [-0.4, -0.2) is 56.0 Å². The third kappa shape index (κ3) is 4.23. The zero-order valence-corrected chi connectivity index (χ0v) is 12.4. The topological polar surface area (TPSA) is 73.2 Å². The van der Waals surface area contributed by atoms with Crippen LogP contribution in [0.2, 0.25) is 0 Å². The van der Waals surface area contributed by atoms with E-state index in [9.17, 15) is 13.7 Å². The van der Waals surface area contributed by atoms with Crippen LogP contribution in [0.3, 0.4) is 0 Å². The molecule has 1 aliphatic heterocycles. The first kappa shape index (κ1) is 15.4. The first-order valence-electron chi connectivity index (χ1n) is 6.27. The van der Waals surface area contributed by atoms with Gasteiger partial charge in [0.1, 0.15) is 5.54 Å². The van der Waals surface area contributed by atoms with Gasteiger partial charge in [0.15, 0.2) is 9.84 Å². The van der Waals surface area contributed by atoms with E-state index in [0.29, 0.717) is 13.0 Å². The Morgan fingerprint density at radius 3 is 2.56 bits per heavy atom. The molecular weight excluding hydrogens is 250 g/mol. The Kier molecular flexibility index (Phi) is 4.76. The maximum absolute atomic E-state index is 11.5. The number of nitrogens with zero attached hydrogens (tertiary/aromatic N) is 2. The lowest BCUT2D eigenvalue weighted by Gasteiger charge is -2.33. The van der Waals surface area contributed by atoms with Crippen molar-refractivity contribution in [2.24, 2.45) is 0 Å². The Labute approximate surface area is 110 Å². The maximum atomic E-state index is 11.5. The van der Waals surface area contributed by atoms with Crippen LogP contribution in [0.15, 0.2) is 0 Å². The van der Waals surface area contributed by atoms with Crippen LogP contribution in [0.5, 0.6) is 0 Å². The lowest BCUT2D eigenvalue weighted by molar-refractivity contribution is 0.205. The summed E-state index contributed by atoms with van der Waals surface area (Å²) in [6.45, 7) is 6.38. The molecule has 0 aromatic heterocycles. The van der Waals surface area contributed by atoms with Gasteiger partial charge in [-0.3, -0.25) is 10.2 Å². The molecule has 104 valence electrons. The first-order valence-corrected chi connectivity index (χ1v) is 8.09. The predicted octanol–water partition coefficient (Wildman–Crippen LogP) is 0.386. The number of nitriles is 1. The highest BCUT2D eigenvalue weighted by atomic mass is 32.2.